The van der Waals surface area contributed by atoms with E-state index in [0.29, 0.717) is 22.5 Å². The lowest BCUT2D eigenvalue weighted by molar-refractivity contribution is 0.101. The van der Waals surface area contributed by atoms with E-state index in [1.54, 1.807) is 48.5 Å². The smallest absolute Gasteiger partial charge is 0.274 e. The Morgan fingerprint density at radius 1 is 1.04 bits per heavy atom. The van der Waals surface area contributed by atoms with E-state index < -0.39 is 5.91 Å². The van der Waals surface area contributed by atoms with Crippen LogP contribution in [0.15, 0.2) is 60.8 Å². The van der Waals surface area contributed by atoms with Crippen molar-refractivity contribution in [1.82, 2.24) is 9.97 Å². The minimum atomic E-state index is -0.400. The molecule has 3 rings (SSSR count). The van der Waals surface area contributed by atoms with E-state index >= 15 is 0 Å². The molecule has 0 unspecified atom stereocenters. The van der Waals surface area contributed by atoms with E-state index in [4.69, 9.17) is 5.26 Å². The van der Waals surface area contributed by atoms with Gasteiger partial charge < -0.3 is 10.6 Å². The van der Waals surface area contributed by atoms with E-state index in [2.05, 4.69) is 20.6 Å². The predicted molar refractivity (Wildman–Crippen MR) is 101 cm³/mol. The molecule has 2 N–H and O–H groups in total. The number of aromatic nitrogens is 2. The maximum Gasteiger partial charge on any atom is 0.274 e. The molecule has 0 aliphatic rings. The molecule has 0 radical (unpaired) electrons. The summed E-state index contributed by atoms with van der Waals surface area (Å²) in [5.41, 5.74) is 2.46. The molecule has 0 aliphatic heterocycles. The number of Topliss-reactive ketones (excluding diaryl/α,β-unsaturated/α-hetero) is 1. The summed E-state index contributed by atoms with van der Waals surface area (Å²) in [6.07, 6.45) is 1.47. The van der Waals surface area contributed by atoms with Crippen LogP contribution in [0.3, 0.4) is 0 Å². The van der Waals surface area contributed by atoms with Crippen molar-refractivity contribution < 1.29 is 9.59 Å². The Morgan fingerprint density at radius 3 is 2.52 bits per heavy atom. The zero-order valence-corrected chi connectivity index (χ0v) is 14.4. The van der Waals surface area contributed by atoms with Gasteiger partial charge in [0, 0.05) is 23.1 Å². The highest BCUT2D eigenvalue weighted by Gasteiger charge is 2.10. The normalized spacial score (nSPS) is 9.93. The summed E-state index contributed by atoms with van der Waals surface area (Å²) in [6, 6.07) is 17.0. The van der Waals surface area contributed by atoms with Gasteiger partial charge in [-0.2, -0.15) is 5.26 Å². The Labute approximate surface area is 155 Å². The third-order valence-electron chi connectivity index (χ3n) is 3.69. The fourth-order valence-corrected chi connectivity index (χ4v) is 2.31. The third-order valence-corrected chi connectivity index (χ3v) is 3.69. The molecule has 7 nitrogen and oxygen atoms in total. The molecular formula is C20H15N5O2. The van der Waals surface area contributed by atoms with Crippen LogP contribution in [0.2, 0.25) is 0 Å². The van der Waals surface area contributed by atoms with Gasteiger partial charge in [-0.05, 0) is 49.4 Å². The van der Waals surface area contributed by atoms with Crippen molar-refractivity contribution in [3.63, 3.8) is 0 Å². The molecule has 7 heteroatoms. The summed E-state index contributed by atoms with van der Waals surface area (Å²) in [6.45, 7) is 1.49. The first-order valence-electron chi connectivity index (χ1n) is 8.08. The molecule has 0 saturated carbocycles. The fraction of sp³-hybridized carbons (Fsp3) is 0.0500. The Kier molecular flexibility index (Phi) is 5.19. The zero-order chi connectivity index (χ0) is 19.2. The standard InChI is InChI=1S/C20H15N5O2/c1-13(26)15-3-2-4-17(11-15)24-20-22-10-9-18(25-20)19(27)23-16-7-5-14(12-21)6-8-16/h2-11H,1H3,(H,23,27)(H,22,24,25). The van der Waals surface area contributed by atoms with Gasteiger partial charge in [0.2, 0.25) is 5.95 Å². The molecule has 1 aromatic heterocycles. The molecule has 132 valence electrons. The molecule has 0 bridgehead atoms. The van der Waals surface area contributed by atoms with Crippen LogP contribution >= 0.6 is 0 Å². The summed E-state index contributed by atoms with van der Waals surface area (Å²) in [4.78, 5) is 32.2. The predicted octanol–water partition coefficient (Wildman–Crippen LogP) is 3.55. The number of amides is 1. The summed E-state index contributed by atoms with van der Waals surface area (Å²) in [7, 11) is 0. The Bertz CT molecular complexity index is 1040. The van der Waals surface area contributed by atoms with Crippen LogP contribution in [0.1, 0.15) is 33.3 Å². The van der Waals surface area contributed by atoms with Gasteiger partial charge in [-0.25, -0.2) is 9.97 Å². The minimum Gasteiger partial charge on any atom is -0.324 e. The highest BCUT2D eigenvalue weighted by molar-refractivity contribution is 6.03. The van der Waals surface area contributed by atoms with Crippen molar-refractivity contribution in [3.05, 3.63) is 77.6 Å². The second-order valence-corrected chi connectivity index (χ2v) is 5.67. The molecule has 27 heavy (non-hydrogen) atoms. The van der Waals surface area contributed by atoms with Gasteiger partial charge in [-0.3, -0.25) is 9.59 Å². The van der Waals surface area contributed by atoms with Crippen molar-refractivity contribution in [2.75, 3.05) is 10.6 Å². The van der Waals surface area contributed by atoms with Crippen molar-refractivity contribution in [2.45, 2.75) is 6.92 Å². The highest BCUT2D eigenvalue weighted by atomic mass is 16.2. The number of hydrogen-bond acceptors (Lipinski definition) is 6. The number of carbonyl (C=O) groups excluding carboxylic acids is 2. The molecule has 0 spiro atoms. The van der Waals surface area contributed by atoms with E-state index in [1.165, 1.54) is 19.2 Å². The average molecular weight is 357 g/mol. The van der Waals surface area contributed by atoms with Crippen LogP contribution in [0, 0.1) is 11.3 Å². The summed E-state index contributed by atoms with van der Waals surface area (Å²) >= 11 is 0. The number of nitriles is 1. The largest absolute Gasteiger partial charge is 0.324 e. The number of ketones is 1. The highest BCUT2D eigenvalue weighted by Crippen LogP contribution is 2.16. The number of anilines is 3. The van der Waals surface area contributed by atoms with Crippen LogP contribution < -0.4 is 10.6 Å². The van der Waals surface area contributed by atoms with E-state index in [0.717, 1.165) is 0 Å². The van der Waals surface area contributed by atoms with Gasteiger partial charge in [0.1, 0.15) is 5.69 Å². The van der Waals surface area contributed by atoms with Gasteiger partial charge in [0.25, 0.3) is 5.91 Å². The first-order chi connectivity index (χ1) is 13.0. The van der Waals surface area contributed by atoms with Gasteiger partial charge in [-0.1, -0.05) is 12.1 Å². The lowest BCUT2D eigenvalue weighted by atomic mass is 10.1. The summed E-state index contributed by atoms with van der Waals surface area (Å²) < 4.78 is 0. The lowest BCUT2D eigenvalue weighted by Crippen LogP contribution is -2.14. The van der Waals surface area contributed by atoms with Crippen molar-refractivity contribution in [2.24, 2.45) is 0 Å². The number of nitrogens with one attached hydrogen (secondary N) is 2. The van der Waals surface area contributed by atoms with Gasteiger partial charge in [-0.15, -0.1) is 0 Å². The van der Waals surface area contributed by atoms with Crippen molar-refractivity contribution in [3.8, 4) is 6.07 Å². The molecule has 0 atom stereocenters. The summed E-state index contributed by atoms with van der Waals surface area (Å²) in [5.74, 6) is -0.207. The van der Waals surface area contributed by atoms with Crippen molar-refractivity contribution >= 4 is 29.0 Å². The molecule has 1 amide bonds. The average Bonchev–Trinajstić information content (AvgIpc) is 2.69. The maximum absolute atomic E-state index is 12.4. The maximum atomic E-state index is 12.4. The molecule has 1 heterocycles. The van der Waals surface area contributed by atoms with Crippen LogP contribution in [-0.4, -0.2) is 21.7 Å². The molecular weight excluding hydrogens is 342 g/mol. The van der Waals surface area contributed by atoms with Gasteiger partial charge >= 0.3 is 0 Å². The van der Waals surface area contributed by atoms with E-state index in [1.807, 2.05) is 6.07 Å². The Balaban J connectivity index is 1.74. The first-order valence-corrected chi connectivity index (χ1v) is 8.08. The number of nitrogens with zero attached hydrogens (tertiary/aromatic N) is 3. The van der Waals surface area contributed by atoms with Crippen LogP contribution in [0.5, 0.6) is 0 Å². The first kappa shape index (κ1) is 17.8. The van der Waals surface area contributed by atoms with Crippen LogP contribution in [0.4, 0.5) is 17.3 Å². The molecule has 0 saturated heterocycles. The van der Waals surface area contributed by atoms with Crippen molar-refractivity contribution in [1.29, 1.82) is 5.26 Å². The molecule has 0 aliphatic carbocycles. The fourth-order valence-electron chi connectivity index (χ4n) is 2.31. The van der Waals surface area contributed by atoms with Gasteiger partial charge in [0.15, 0.2) is 5.78 Å². The third kappa shape index (κ3) is 4.52. The number of carbonyl (C=O) groups is 2. The Morgan fingerprint density at radius 2 is 1.81 bits per heavy atom. The molecule has 0 fully saturated rings. The Hall–Kier alpha value is -4.05. The van der Waals surface area contributed by atoms with E-state index in [9.17, 15) is 9.59 Å². The summed E-state index contributed by atoms with van der Waals surface area (Å²) in [5, 5.41) is 14.5. The molecule has 2 aromatic carbocycles. The lowest BCUT2D eigenvalue weighted by Gasteiger charge is -2.08. The topological polar surface area (TPSA) is 108 Å². The quantitative estimate of drug-likeness (QED) is 0.676. The second-order valence-electron chi connectivity index (χ2n) is 5.67. The monoisotopic (exact) mass is 357 g/mol. The van der Waals surface area contributed by atoms with Crippen LogP contribution in [-0.2, 0) is 0 Å². The zero-order valence-electron chi connectivity index (χ0n) is 14.4. The van der Waals surface area contributed by atoms with Crippen LogP contribution in [0.25, 0.3) is 0 Å². The van der Waals surface area contributed by atoms with E-state index in [-0.39, 0.29) is 17.4 Å². The minimum absolute atomic E-state index is 0.0462. The SMILES string of the molecule is CC(=O)c1cccc(Nc2nccc(C(=O)Nc3ccc(C#N)cc3)n2)c1. The number of rotatable bonds is 5. The second kappa shape index (κ2) is 7.89. The number of hydrogen-bond donors (Lipinski definition) is 2. The molecule has 3 aromatic rings. The van der Waals surface area contributed by atoms with Gasteiger partial charge in [0.05, 0.1) is 11.6 Å². The number of benzene rings is 2.